The van der Waals surface area contributed by atoms with Crippen molar-refractivity contribution in [2.75, 3.05) is 13.1 Å². The summed E-state index contributed by atoms with van der Waals surface area (Å²) >= 11 is 0. The Balaban J connectivity index is 2.04. The van der Waals surface area contributed by atoms with Crippen LogP contribution in [0.15, 0.2) is 24.3 Å². The van der Waals surface area contributed by atoms with Crippen molar-refractivity contribution in [3.05, 3.63) is 35.6 Å². The molecule has 0 amide bonds. The first-order chi connectivity index (χ1) is 8.89. The monoisotopic (exact) mass is 290 g/mol. The Bertz CT molecular complexity index is 542. The Morgan fingerprint density at radius 3 is 2.37 bits per heavy atom. The van der Waals surface area contributed by atoms with Crippen LogP contribution in [0.25, 0.3) is 0 Å². The fraction of sp³-hybridized carbons (Fsp3) is 0.500. The van der Waals surface area contributed by atoms with Crippen molar-refractivity contribution >= 4 is 10.2 Å². The minimum absolute atomic E-state index is 0.0385. The predicted octanol–water partition coefficient (Wildman–Crippen LogP) is 1.75. The maximum absolute atomic E-state index is 14.3. The second-order valence-electron chi connectivity index (χ2n) is 4.70. The van der Waals surface area contributed by atoms with Crippen LogP contribution in [0.1, 0.15) is 24.6 Å². The van der Waals surface area contributed by atoms with E-state index in [2.05, 4.69) is 0 Å². The quantitative estimate of drug-likeness (QED) is 0.922. The van der Waals surface area contributed by atoms with Gasteiger partial charge in [-0.1, -0.05) is 18.2 Å². The van der Waals surface area contributed by atoms with Crippen molar-refractivity contribution in [3.63, 3.8) is 0 Å². The van der Waals surface area contributed by atoms with Gasteiger partial charge >= 0.3 is 0 Å². The van der Waals surface area contributed by atoms with Gasteiger partial charge in [-0.15, -0.1) is 0 Å². The maximum atomic E-state index is 14.3. The van der Waals surface area contributed by atoms with Crippen molar-refractivity contribution in [1.29, 1.82) is 0 Å². The first kappa shape index (κ1) is 14.4. The maximum Gasteiger partial charge on any atom is 0.276 e. The number of nitrogens with zero attached hydrogens (tertiary/aromatic N) is 1. The van der Waals surface area contributed by atoms with E-state index in [1.165, 1.54) is 18.2 Å². The average Bonchev–Trinajstić information content (AvgIpc) is 2.38. The first-order valence-electron chi connectivity index (χ1n) is 6.06. The molecular formula is C12H16F2N2O2S. The highest BCUT2D eigenvalue weighted by atomic mass is 32.2. The molecule has 4 nitrogen and oxygen atoms in total. The molecule has 1 aromatic carbocycles. The van der Waals surface area contributed by atoms with Crippen molar-refractivity contribution in [2.24, 2.45) is 11.1 Å². The third-order valence-electron chi connectivity index (χ3n) is 3.47. The summed E-state index contributed by atoms with van der Waals surface area (Å²) in [4.78, 5) is 0. The zero-order valence-electron chi connectivity index (χ0n) is 10.3. The molecule has 1 unspecified atom stereocenters. The molecule has 0 spiro atoms. The molecule has 19 heavy (non-hydrogen) atoms. The van der Waals surface area contributed by atoms with Crippen LogP contribution in [-0.4, -0.2) is 25.8 Å². The highest BCUT2D eigenvalue weighted by Gasteiger charge is 2.31. The van der Waals surface area contributed by atoms with Crippen LogP contribution in [0, 0.1) is 11.7 Å². The van der Waals surface area contributed by atoms with Gasteiger partial charge < -0.3 is 0 Å². The highest BCUT2D eigenvalue weighted by Crippen LogP contribution is 2.35. The fourth-order valence-corrected chi connectivity index (χ4v) is 3.10. The molecule has 1 aliphatic rings. The van der Waals surface area contributed by atoms with Gasteiger partial charge in [-0.3, -0.25) is 0 Å². The molecule has 0 aromatic heterocycles. The Kier molecular flexibility index (Phi) is 4.17. The number of rotatable bonds is 3. The van der Waals surface area contributed by atoms with E-state index in [9.17, 15) is 17.2 Å². The third kappa shape index (κ3) is 3.29. The molecule has 1 saturated heterocycles. The number of hydrogen-bond acceptors (Lipinski definition) is 2. The van der Waals surface area contributed by atoms with Crippen LogP contribution in [-0.2, 0) is 10.2 Å². The van der Waals surface area contributed by atoms with Gasteiger partial charge in [-0.05, 0) is 24.8 Å². The molecule has 1 aliphatic heterocycles. The molecule has 2 N–H and O–H groups in total. The van der Waals surface area contributed by atoms with Crippen LogP contribution >= 0.6 is 0 Å². The van der Waals surface area contributed by atoms with Crippen LogP contribution in [0.5, 0.6) is 0 Å². The standard InChI is InChI=1S/C12H16F2N2O2S/c13-11-4-2-1-3-10(11)12(14)9-5-7-16(8-6-9)19(15,17)18/h1-4,9,12H,5-8H2,(H2,15,17,18). The van der Waals surface area contributed by atoms with Gasteiger partial charge in [0.1, 0.15) is 12.0 Å². The molecule has 106 valence electrons. The fourth-order valence-electron chi connectivity index (χ4n) is 2.38. The van der Waals surface area contributed by atoms with E-state index in [0.29, 0.717) is 12.8 Å². The Morgan fingerprint density at radius 1 is 1.26 bits per heavy atom. The van der Waals surface area contributed by atoms with Gasteiger partial charge in [0, 0.05) is 18.7 Å². The molecule has 0 saturated carbocycles. The molecule has 7 heteroatoms. The molecule has 0 bridgehead atoms. The number of hydrogen-bond donors (Lipinski definition) is 1. The number of nitrogens with two attached hydrogens (primary N) is 1. The van der Waals surface area contributed by atoms with Crippen molar-refractivity contribution in [3.8, 4) is 0 Å². The lowest BCUT2D eigenvalue weighted by Gasteiger charge is -2.31. The van der Waals surface area contributed by atoms with E-state index >= 15 is 0 Å². The summed E-state index contributed by atoms with van der Waals surface area (Å²) in [6, 6.07) is 5.74. The SMILES string of the molecule is NS(=O)(=O)N1CCC(C(F)c2ccccc2F)CC1. The minimum atomic E-state index is -3.71. The van der Waals surface area contributed by atoms with E-state index in [0.717, 1.165) is 4.31 Å². The van der Waals surface area contributed by atoms with Crippen LogP contribution in [0.3, 0.4) is 0 Å². The van der Waals surface area contributed by atoms with E-state index in [4.69, 9.17) is 5.14 Å². The first-order valence-corrected chi connectivity index (χ1v) is 7.56. The van der Waals surface area contributed by atoms with Gasteiger partial charge in [0.15, 0.2) is 0 Å². The molecule has 1 atom stereocenters. The topological polar surface area (TPSA) is 63.4 Å². The molecule has 2 rings (SSSR count). The van der Waals surface area contributed by atoms with E-state index in [1.54, 1.807) is 6.07 Å². The smallest absolute Gasteiger partial charge is 0.242 e. The molecule has 1 aromatic rings. The summed E-state index contributed by atoms with van der Waals surface area (Å²) in [6.45, 7) is 0.358. The van der Waals surface area contributed by atoms with E-state index < -0.39 is 22.2 Å². The van der Waals surface area contributed by atoms with Crippen molar-refractivity contribution in [2.45, 2.75) is 19.0 Å². The summed E-state index contributed by atoms with van der Waals surface area (Å²) in [5, 5.41) is 5.01. The lowest BCUT2D eigenvalue weighted by Crippen LogP contribution is -2.42. The molecule has 1 fully saturated rings. The zero-order chi connectivity index (χ0) is 14.0. The van der Waals surface area contributed by atoms with E-state index in [1.807, 2.05) is 0 Å². The average molecular weight is 290 g/mol. The van der Waals surface area contributed by atoms with Crippen LogP contribution in [0.4, 0.5) is 8.78 Å². The number of benzene rings is 1. The molecular weight excluding hydrogens is 274 g/mol. The molecule has 0 radical (unpaired) electrons. The van der Waals surface area contributed by atoms with Gasteiger partial charge in [0.05, 0.1) is 0 Å². The lowest BCUT2D eigenvalue weighted by atomic mass is 9.89. The van der Waals surface area contributed by atoms with Gasteiger partial charge in [-0.25, -0.2) is 13.9 Å². The third-order valence-corrected chi connectivity index (χ3v) is 4.56. The normalized spacial score (nSPS) is 20.4. The summed E-state index contributed by atoms with van der Waals surface area (Å²) < 4.78 is 51.2. The Morgan fingerprint density at radius 2 is 1.84 bits per heavy atom. The van der Waals surface area contributed by atoms with Crippen molar-refractivity contribution < 1.29 is 17.2 Å². The molecule has 0 aliphatic carbocycles. The molecule has 1 heterocycles. The summed E-state index contributed by atoms with van der Waals surface area (Å²) in [5.41, 5.74) is 0.0385. The summed E-state index contributed by atoms with van der Waals surface area (Å²) in [7, 11) is -3.71. The largest absolute Gasteiger partial charge is 0.276 e. The van der Waals surface area contributed by atoms with Gasteiger partial charge in [-0.2, -0.15) is 12.7 Å². The second-order valence-corrected chi connectivity index (χ2v) is 6.25. The minimum Gasteiger partial charge on any atom is -0.242 e. The van der Waals surface area contributed by atoms with Gasteiger partial charge in [0.2, 0.25) is 0 Å². The van der Waals surface area contributed by atoms with Crippen LogP contribution in [0.2, 0.25) is 0 Å². The van der Waals surface area contributed by atoms with E-state index in [-0.39, 0.29) is 24.6 Å². The zero-order valence-corrected chi connectivity index (χ0v) is 11.1. The number of alkyl halides is 1. The summed E-state index contributed by atoms with van der Waals surface area (Å²) in [6.07, 6.45) is -0.735. The predicted molar refractivity (Wildman–Crippen MR) is 67.7 cm³/mol. The van der Waals surface area contributed by atoms with Gasteiger partial charge in [0.25, 0.3) is 10.2 Å². The highest BCUT2D eigenvalue weighted by molar-refractivity contribution is 7.86. The number of piperidine rings is 1. The Hall–Kier alpha value is -1.05. The second kappa shape index (κ2) is 5.52. The van der Waals surface area contributed by atoms with Crippen molar-refractivity contribution in [1.82, 2.24) is 4.31 Å². The summed E-state index contributed by atoms with van der Waals surface area (Å²) in [5.74, 6) is -0.946. The van der Waals surface area contributed by atoms with Crippen LogP contribution < -0.4 is 5.14 Å². The lowest BCUT2D eigenvalue weighted by molar-refractivity contribution is 0.157. The Labute approximate surface area is 111 Å². The number of halogens is 2.